The van der Waals surface area contributed by atoms with Crippen molar-refractivity contribution < 1.29 is 10.0 Å². The van der Waals surface area contributed by atoms with Crippen molar-refractivity contribution in [1.29, 1.82) is 0 Å². The summed E-state index contributed by atoms with van der Waals surface area (Å²) in [6.07, 6.45) is 7.31. The Bertz CT molecular complexity index is 744. The van der Waals surface area contributed by atoms with E-state index in [0.29, 0.717) is 16.8 Å². The number of aromatic nitrogens is 3. The minimum absolute atomic E-state index is 0.381. The van der Waals surface area contributed by atoms with Crippen molar-refractivity contribution in [2.75, 3.05) is 0 Å². The third-order valence-corrected chi connectivity index (χ3v) is 2.61. The predicted molar refractivity (Wildman–Crippen MR) is 72.0 cm³/mol. The second kappa shape index (κ2) is 5.31. The van der Waals surface area contributed by atoms with Gasteiger partial charge >= 0.3 is 5.70 Å². The summed E-state index contributed by atoms with van der Waals surface area (Å²) in [5.41, 5.74) is 1.13. The van der Waals surface area contributed by atoms with Crippen LogP contribution in [0.4, 0.5) is 0 Å². The number of nitrogens with zero attached hydrogens (tertiary/aromatic N) is 5. The number of fused-ring (bicyclic) bond motifs is 1. The Balaban J connectivity index is 2.50. The Hall–Kier alpha value is -3.03. The minimum atomic E-state index is -0.753. The maximum absolute atomic E-state index is 10.7. The number of aliphatic imine (C=N–C) groups is 1. The second-order valence-corrected chi connectivity index (χ2v) is 3.83. The van der Waals surface area contributed by atoms with E-state index in [1.54, 1.807) is 36.2 Å². The van der Waals surface area contributed by atoms with Gasteiger partial charge in [0.05, 0.1) is 28.5 Å². The lowest BCUT2D eigenvalue weighted by atomic mass is 10.2. The van der Waals surface area contributed by atoms with Crippen molar-refractivity contribution in [2.24, 2.45) is 4.99 Å². The van der Waals surface area contributed by atoms with Gasteiger partial charge in [0.2, 0.25) is 0 Å². The molecule has 0 aromatic carbocycles. The van der Waals surface area contributed by atoms with Crippen LogP contribution in [0.1, 0.15) is 12.5 Å². The third kappa shape index (κ3) is 2.39. The van der Waals surface area contributed by atoms with Crippen molar-refractivity contribution in [3.05, 3.63) is 64.7 Å². The van der Waals surface area contributed by atoms with Crippen LogP contribution in [-0.2, 0) is 0 Å². The zero-order chi connectivity index (χ0) is 14.7. The molecule has 0 saturated heterocycles. The Kier molecular flexibility index (Phi) is 3.56. The van der Waals surface area contributed by atoms with Gasteiger partial charge < -0.3 is 5.11 Å². The third-order valence-electron chi connectivity index (χ3n) is 2.61. The number of hydrogen-bond donors (Lipinski definition) is 1. The first-order chi connectivity index (χ1) is 9.54. The van der Waals surface area contributed by atoms with Gasteiger partial charge in [0.25, 0.3) is 5.88 Å². The van der Waals surface area contributed by atoms with E-state index in [2.05, 4.69) is 21.7 Å². The molecule has 2 heterocycles. The average Bonchev–Trinajstić information content (AvgIpc) is 2.82. The number of allylic oxidation sites excluding steroid dienone is 1. The quantitative estimate of drug-likeness (QED) is 0.300. The molecule has 0 bridgehead atoms. The molecule has 0 fully saturated rings. The van der Waals surface area contributed by atoms with Gasteiger partial charge in [-0.15, -0.1) is 0 Å². The van der Waals surface area contributed by atoms with E-state index in [0.717, 1.165) is 6.08 Å². The summed E-state index contributed by atoms with van der Waals surface area (Å²) >= 11 is 0. The first-order valence-corrected chi connectivity index (χ1v) is 5.57. The Morgan fingerprint density at radius 3 is 3.00 bits per heavy atom. The normalized spacial score (nSPS) is 13.2. The van der Waals surface area contributed by atoms with Crippen LogP contribution in [0.2, 0.25) is 0 Å². The first kappa shape index (κ1) is 13.4. The monoisotopic (exact) mass is 273 g/mol. The molecule has 2 rings (SSSR count). The molecule has 0 atom stereocenters. The molecule has 0 saturated carbocycles. The van der Waals surface area contributed by atoms with Gasteiger partial charge in [-0.3, -0.25) is 15.1 Å². The Labute approximate surface area is 113 Å². The van der Waals surface area contributed by atoms with Gasteiger partial charge in [-0.2, -0.15) is 5.10 Å². The molecular weight excluding hydrogens is 262 g/mol. The second-order valence-electron chi connectivity index (χ2n) is 3.83. The molecule has 102 valence electrons. The summed E-state index contributed by atoms with van der Waals surface area (Å²) in [6.45, 7) is 4.88. The lowest BCUT2D eigenvalue weighted by Crippen LogP contribution is -2.02. The molecule has 8 heteroatoms. The van der Waals surface area contributed by atoms with Crippen molar-refractivity contribution >= 4 is 11.2 Å². The molecule has 0 aliphatic rings. The fourth-order valence-corrected chi connectivity index (χ4v) is 1.64. The Morgan fingerprint density at radius 2 is 2.35 bits per heavy atom. The summed E-state index contributed by atoms with van der Waals surface area (Å²) in [6, 6.07) is 0. The van der Waals surface area contributed by atoms with Crippen molar-refractivity contribution in [1.82, 2.24) is 14.6 Å². The van der Waals surface area contributed by atoms with Gasteiger partial charge in [0.15, 0.2) is 0 Å². The molecule has 0 amide bonds. The topological polar surface area (TPSA) is 106 Å². The van der Waals surface area contributed by atoms with Gasteiger partial charge in [0, 0.05) is 24.0 Å². The smallest absolute Gasteiger partial charge is 0.330 e. The molecule has 0 aliphatic carbocycles. The number of hydrogen-bond acceptors (Lipinski definition) is 6. The van der Waals surface area contributed by atoms with Gasteiger partial charge in [0.1, 0.15) is 0 Å². The highest BCUT2D eigenvalue weighted by molar-refractivity contribution is 6.04. The van der Waals surface area contributed by atoms with E-state index < -0.39 is 16.5 Å². The highest BCUT2D eigenvalue weighted by Crippen LogP contribution is 2.13. The van der Waals surface area contributed by atoms with Crippen LogP contribution in [0.25, 0.3) is 5.52 Å². The summed E-state index contributed by atoms with van der Waals surface area (Å²) in [5, 5.41) is 24.4. The molecule has 8 nitrogen and oxygen atoms in total. The molecule has 0 unspecified atom stereocenters. The fourth-order valence-electron chi connectivity index (χ4n) is 1.64. The molecule has 0 spiro atoms. The number of nitro groups is 1. The molecule has 0 aliphatic heterocycles. The molecule has 0 radical (unpaired) electrons. The zero-order valence-corrected chi connectivity index (χ0v) is 10.6. The summed E-state index contributed by atoms with van der Waals surface area (Å²) in [7, 11) is 0. The van der Waals surface area contributed by atoms with Gasteiger partial charge in [-0.05, 0) is 6.92 Å². The largest absolute Gasteiger partial charge is 0.488 e. The van der Waals surface area contributed by atoms with Crippen LogP contribution in [0.15, 0.2) is 54.0 Å². The van der Waals surface area contributed by atoms with E-state index >= 15 is 0 Å². The zero-order valence-electron chi connectivity index (χ0n) is 10.6. The maximum Gasteiger partial charge on any atom is 0.330 e. The van der Waals surface area contributed by atoms with Crippen LogP contribution < -0.4 is 0 Å². The van der Waals surface area contributed by atoms with E-state index in [-0.39, 0.29) is 0 Å². The van der Waals surface area contributed by atoms with Crippen LogP contribution in [-0.4, -0.2) is 30.3 Å². The van der Waals surface area contributed by atoms with Crippen LogP contribution >= 0.6 is 0 Å². The minimum Gasteiger partial charge on any atom is -0.488 e. The lowest BCUT2D eigenvalue weighted by molar-refractivity contribution is -0.422. The van der Waals surface area contributed by atoms with E-state index in [1.165, 1.54) is 0 Å². The first-order valence-electron chi connectivity index (χ1n) is 5.57. The highest BCUT2D eigenvalue weighted by Gasteiger charge is 2.15. The fraction of sp³-hybridized carbons (Fsp3) is 0.0833. The number of aliphatic hydroxyl groups is 1. The van der Waals surface area contributed by atoms with E-state index in [4.69, 9.17) is 0 Å². The maximum atomic E-state index is 10.7. The molecule has 2 aromatic heterocycles. The van der Waals surface area contributed by atoms with Crippen molar-refractivity contribution in [3.8, 4) is 0 Å². The highest BCUT2D eigenvalue weighted by atomic mass is 16.6. The summed E-state index contributed by atoms with van der Waals surface area (Å²) < 4.78 is 1.59. The molecule has 2 aromatic rings. The summed E-state index contributed by atoms with van der Waals surface area (Å²) in [5.74, 6) is -0.703. The van der Waals surface area contributed by atoms with Crippen LogP contribution in [0, 0.1) is 10.1 Å². The van der Waals surface area contributed by atoms with Crippen molar-refractivity contribution in [3.63, 3.8) is 0 Å². The van der Waals surface area contributed by atoms with Crippen LogP contribution in [0.3, 0.4) is 0 Å². The molecule has 1 N–H and O–H groups in total. The SMILES string of the molecule is C=C/C(=C(O)\N=C(/C)c1cnn2ccncc12)[N+](=O)[O-]. The van der Waals surface area contributed by atoms with E-state index in [1.807, 2.05) is 0 Å². The lowest BCUT2D eigenvalue weighted by Gasteiger charge is -1.99. The molecule has 20 heavy (non-hydrogen) atoms. The molecular formula is C12H11N5O3. The average molecular weight is 273 g/mol. The number of aliphatic hydroxyl groups excluding tert-OH is 1. The standard InChI is InChI=1S/C12H11N5O3/c1-3-10(17(19)20)12(18)15-8(2)9-6-14-16-5-4-13-7-11(9)16/h3-7,18H,1H2,2H3/b12-10-,15-8+. The van der Waals surface area contributed by atoms with E-state index in [9.17, 15) is 15.2 Å². The predicted octanol–water partition coefficient (Wildman–Crippen LogP) is 1.73. The van der Waals surface area contributed by atoms with Gasteiger partial charge in [-0.25, -0.2) is 9.51 Å². The van der Waals surface area contributed by atoms with Gasteiger partial charge in [-0.1, -0.05) is 6.58 Å². The van der Waals surface area contributed by atoms with Crippen molar-refractivity contribution in [2.45, 2.75) is 6.92 Å². The number of rotatable bonds is 4. The summed E-state index contributed by atoms with van der Waals surface area (Å²) in [4.78, 5) is 17.7. The Morgan fingerprint density at radius 1 is 1.60 bits per heavy atom. The van der Waals surface area contributed by atoms with Crippen LogP contribution in [0.5, 0.6) is 0 Å².